The van der Waals surface area contributed by atoms with E-state index in [1.54, 1.807) is 4.52 Å². The van der Waals surface area contributed by atoms with Crippen LogP contribution in [-0.2, 0) is 16.0 Å². The van der Waals surface area contributed by atoms with Gasteiger partial charge in [-0.3, -0.25) is 4.79 Å². The third-order valence-corrected chi connectivity index (χ3v) is 5.15. The quantitative estimate of drug-likeness (QED) is 0.792. The first-order valence-corrected chi connectivity index (χ1v) is 9.14. The van der Waals surface area contributed by atoms with E-state index in [1.165, 1.54) is 6.20 Å². The van der Waals surface area contributed by atoms with Gasteiger partial charge in [-0.1, -0.05) is 0 Å². The number of aromatic nitrogens is 3. The SMILES string of the molecule is CCN(CC1CCOC1)C(=O)CCc1c(C)nc2c(C#N)cnn2c1C. The summed E-state index contributed by atoms with van der Waals surface area (Å²) in [5, 5.41) is 13.4. The van der Waals surface area contributed by atoms with Gasteiger partial charge in [-0.05, 0) is 39.2 Å². The molecule has 1 amide bonds. The number of hydrogen-bond donors (Lipinski definition) is 0. The summed E-state index contributed by atoms with van der Waals surface area (Å²) in [6.45, 7) is 8.95. The Morgan fingerprint density at radius 2 is 2.31 bits per heavy atom. The van der Waals surface area contributed by atoms with Gasteiger partial charge in [0.05, 0.1) is 12.8 Å². The lowest BCUT2D eigenvalue weighted by molar-refractivity contribution is -0.131. The van der Waals surface area contributed by atoms with Crippen LogP contribution in [0.4, 0.5) is 0 Å². The van der Waals surface area contributed by atoms with Crippen molar-refractivity contribution in [1.82, 2.24) is 19.5 Å². The molecule has 138 valence electrons. The van der Waals surface area contributed by atoms with E-state index >= 15 is 0 Å². The molecule has 1 aliphatic rings. The molecule has 2 aromatic rings. The number of rotatable bonds is 6. The lowest BCUT2D eigenvalue weighted by Crippen LogP contribution is -2.35. The van der Waals surface area contributed by atoms with Gasteiger partial charge in [0, 0.05) is 43.4 Å². The Bertz CT molecular complexity index is 846. The van der Waals surface area contributed by atoms with Crippen molar-refractivity contribution in [2.45, 2.75) is 40.0 Å². The fourth-order valence-electron chi connectivity index (χ4n) is 3.59. The predicted octanol–water partition coefficient (Wildman–Crippen LogP) is 2.04. The number of fused-ring (bicyclic) bond motifs is 1. The van der Waals surface area contributed by atoms with Crippen molar-refractivity contribution >= 4 is 11.6 Å². The number of aryl methyl sites for hydroxylation is 2. The highest BCUT2D eigenvalue weighted by molar-refractivity contribution is 5.76. The zero-order valence-corrected chi connectivity index (χ0v) is 15.7. The first-order chi connectivity index (χ1) is 12.5. The minimum atomic E-state index is 0.163. The smallest absolute Gasteiger partial charge is 0.222 e. The summed E-state index contributed by atoms with van der Waals surface area (Å²) in [6.07, 6.45) is 3.64. The van der Waals surface area contributed by atoms with Crippen LogP contribution in [0.2, 0.25) is 0 Å². The maximum Gasteiger partial charge on any atom is 0.222 e. The molecule has 7 nitrogen and oxygen atoms in total. The van der Waals surface area contributed by atoms with Crippen molar-refractivity contribution in [2.75, 3.05) is 26.3 Å². The van der Waals surface area contributed by atoms with Gasteiger partial charge in [0.15, 0.2) is 5.65 Å². The van der Waals surface area contributed by atoms with Crippen molar-refractivity contribution in [3.05, 3.63) is 28.7 Å². The fourth-order valence-corrected chi connectivity index (χ4v) is 3.59. The van der Waals surface area contributed by atoms with Gasteiger partial charge in [0.2, 0.25) is 5.91 Å². The maximum absolute atomic E-state index is 12.7. The molecule has 0 bridgehead atoms. The van der Waals surface area contributed by atoms with E-state index in [0.29, 0.717) is 30.0 Å². The second-order valence-corrected chi connectivity index (χ2v) is 6.83. The summed E-state index contributed by atoms with van der Waals surface area (Å²) in [4.78, 5) is 19.1. The van der Waals surface area contributed by atoms with Gasteiger partial charge < -0.3 is 9.64 Å². The Balaban J connectivity index is 1.72. The van der Waals surface area contributed by atoms with Crippen molar-refractivity contribution < 1.29 is 9.53 Å². The zero-order chi connectivity index (χ0) is 18.7. The van der Waals surface area contributed by atoms with Gasteiger partial charge in [0.1, 0.15) is 11.6 Å². The molecule has 1 unspecified atom stereocenters. The summed E-state index contributed by atoms with van der Waals surface area (Å²) >= 11 is 0. The van der Waals surface area contributed by atoms with Crippen LogP contribution in [0.25, 0.3) is 5.65 Å². The number of carbonyl (C=O) groups is 1. The highest BCUT2D eigenvalue weighted by atomic mass is 16.5. The van der Waals surface area contributed by atoms with Crippen LogP contribution in [0.3, 0.4) is 0 Å². The molecule has 1 saturated heterocycles. The minimum absolute atomic E-state index is 0.163. The first kappa shape index (κ1) is 18.3. The van der Waals surface area contributed by atoms with E-state index in [2.05, 4.69) is 16.2 Å². The fraction of sp³-hybridized carbons (Fsp3) is 0.579. The standard InChI is InChI=1S/C19H25N5O2/c1-4-23(11-15-7-8-26-12-15)18(25)6-5-17-13(2)22-19-16(9-20)10-21-24(19)14(17)3/h10,15H,4-8,11-12H2,1-3H3. The molecule has 0 saturated carbocycles. The van der Waals surface area contributed by atoms with Gasteiger partial charge in [0.25, 0.3) is 0 Å². The van der Waals surface area contributed by atoms with Crippen LogP contribution >= 0.6 is 0 Å². The highest BCUT2D eigenvalue weighted by Crippen LogP contribution is 2.19. The molecule has 7 heteroatoms. The van der Waals surface area contributed by atoms with Crippen LogP contribution in [0.5, 0.6) is 0 Å². The summed E-state index contributed by atoms with van der Waals surface area (Å²) in [7, 11) is 0. The van der Waals surface area contributed by atoms with E-state index < -0.39 is 0 Å². The van der Waals surface area contributed by atoms with Crippen molar-refractivity contribution in [1.29, 1.82) is 5.26 Å². The Hall–Kier alpha value is -2.46. The van der Waals surface area contributed by atoms with Gasteiger partial charge in [-0.2, -0.15) is 10.4 Å². The van der Waals surface area contributed by atoms with Crippen molar-refractivity contribution in [3.8, 4) is 6.07 Å². The molecule has 3 rings (SSSR count). The second-order valence-electron chi connectivity index (χ2n) is 6.83. The molecule has 0 N–H and O–H groups in total. The molecule has 0 radical (unpaired) electrons. The Labute approximate surface area is 153 Å². The minimum Gasteiger partial charge on any atom is -0.381 e. The first-order valence-electron chi connectivity index (χ1n) is 9.14. The number of amides is 1. The molecular formula is C19H25N5O2. The van der Waals surface area contributed by atoms with Gasteiger partial charge in [-0.25, -0.2) is 9.50 Å². The van der Waals surface area contributed by atoms with Crippen LogP contribution < -0.4 is 0 Å². The van der Waals surface area contributed by atoms with Gasteiger partial charge in [-0.15, -0.1) is 0 Å². The van der Waals surface area contributed by atoms with Gasteiger partial charge >= 0.3 is 0 Å². The average Bonchev–Trinajstić information content (AvgIpc) is 3.28. The number of nitrogens with zero attached hydrogens (tertiary/aromatic N) is 5. The van der Waals surface area contributed by atoms with Crippen LogP contribution in [-0.4, -0.2) is 51.7 Å². The Kier molecular flexibility index (Phi) is 5.52. The molecule has 0 spiro atoms. The highest BCUT2D eigenvalue weighted by Gasteiger charge is 2.22. The summed E-state index contributed by atoms with van der Waals surface area (Å²) < 4.78 is 7.11. The molecule has 3 heterocycles. The molecule has 2 aromatic heterocycles. The van der Waals surface area contributed by atoms with Crippen molar-refractivity contribution in [3.63, 3.8) is 0 Å². The monoisotopic (exact) mass is 355 g/mol. The number of carbonyl (C=O) groups excluding carboxylic acids is 1. The maximum atomic E-state index is 12.7. The lowest BCUT2D eigenvalue weighted by atomic mass is 10.0. The number of ether oxygens (including phenoxy) is 1. The topological polar surface area (TPSA) is 83.5 Å². The normalized spacial score (nSPS) is 16.8. The Morgan fingerprint density at radius 1 is 1.50 bits per heavy atom. The van der Waals surface area contributed by atoms with E-state index in [9.17, 15) is 4.79 Å². The molecule has 26 heavy (non-hydrogen) atoms. The predicted molar refractivity (Wildman–Crippen MR) is 96.7 cm³/mol. The summed E-state index contributed by atoms with van der Waals surface area (Å²) in [5.41, 5.74) is 3.86. The largest absolute Gasteiger partial charge is 0.381 e. The molecule has 0 aromatic carbocycles. The molecular weight excluding hydrogens is 330 g/mol. The van der Waals surface area contributed by atoms with Crippen LogP contribution in [0.15, 0.2) is 6.20 Å². The van der Waals surface area contributed by atoms with E-state index in [0.717, 1.165) is 49.7 Å². The molecule has 1 fully saturated rings. The van der Waals surface area contributed by atoms with E-state index in [1.807, 2.05) is 25.7 Å². The molecule has 1 aliphatic heterocycles. The number of hydrogen-bond acceptors (Lipinski definition) is 5. The van der Waals surface area contributed by atoms with E-state index in [4.69, 9.17) is 10.00 Å². The van der Waals surface area contributed by atoms with Crippen LogP contribution in [0, 0.1) is 31.1 Å². The van der Waals surface area contributed by atoms with Crippen LogP contribution in [0.1, 0.15) is 42.3 Å². The average molecular weight is 355 g/mol. The number of nitriles is 1. The summed E-state index contributed by atoms with van der Waals surface area (Å²) in [6, 6.07) is 2.11. The molecule has 1 atom stereocenters. The Morgan fingerprint density at radius 3 is 2.96 bits per heavy atom. The third-order valence-electron chi connectivity index (χ3n) is 5.15. The second kappa shape index (κ2) is 7.83. The molecule has 0 aliphatic carbocycles. The third kappa shape index (κ3) is 3.56. The van der Waals surface area contributed by atoms with Crippen molar-refractivity contribution in [2.24, 2.45) is 5.92 Å². The zero-order valence-electron chi connectivity index (χ0n) is 15.7. The van der Waals surface area contributed by atoms with E-state index in [-0.39, 0.29) is 5.91 Å². The summed E-state index contributed by atoms with van der Waals surface area (Å²) in [5.74, 6) is 0.616. The lowest BCUT2D eigenvalue weighted by Gasteiger charge is -2.24.